The number of pyridine rings is 2. The Bertz CT molecular complexity index is 1020. The van der Waals surface area contributed by atoms with Gasteiger partial charge in [0, 0.05) is 23.4 Å². The zero-order chi connectivity index (χ0) is 19.2. The lowest BCUT2D eigenvalue weighted by Crippen LogP contribution is -2.19. The van der Waals surface area contributed by atoms with E-state index in [1.54, 1.807) is 25.1 Å². The van der Waals surface area contributed by atoms with Crippen molar-refractivity contribution in [3.63, 3.8) is 0 Å². The maximum absolute atomic E-state index is 6.20. The summed E-state index contributed by atoms with van der Waals surface area (Å²) in [7, 11) is 1.67. The minimum atomic E-state index is 0.0235. The van der Waals surface area contributed by atoms with E-state index in [-0.39, 0.29) is 5.41 Å². The first kappa shape index (κ1) is 18.1. The van der Waals surface area contributed by atoms with Crippen LogP contribution in [0.3, 0.4) is 0 Å². The lowest BCUT2D eigenvalue weighted by atomic mass is 9.88. The fraction of sp³-hybridized carbons (Fsp3) is 0.238. The largest absolute Gasteiger partial charge is 0.497 e. The summed E-state index contributed by atoms with van der Waals surface area (Å²) in [5.41, 5.74) is 2.24. The maximum Gasteiger partial charge on any atom is 0.152 e. The van der Waals surface area contributed by atoms with Crippen molar-refractivity contribution < 1.29 is 4.74 Å². The number of halogens is 1. The van der Waals surface area contributed by atoms with Gasteiger partial charge >= 0.3 is 0 Å². The molecule has 4 nitrogen and oxygen atoms in total. The molecule has 1 aromatic carbocycles. The van der Waals surface area contributed by atoms with Gasteiger partial charge in [0.1, 0.15) is 11.6 Å². The molecule has 0 amide bonds. The fourth-order valence-corrected chi connectivity index (χ4v) is 4.28. The highest BCUT2D eigenvalue weighted by atomic mass is 35.5. The van der Waals surface area contributed by atoms with Crippen LogP contribution in [0.2, 0.25) is 5.02 Å². The van der Waals surface area contributed by atoms with Crippen LogP contribution in [-0.4, -0.2) is 17.1 Å². The highest BCUT2D eigenvalue weighted by Crippen LogP contribution is 2.51. The van der Waals surface area contributed by atoms with E-state index in [1.807, 2.05) is 24.4 Å². The van der Waals surface area contributed by atoms with E-state index in [2.05, 4.69) is 53.8 Å². The molecule has 0 aliphatic carbocycles. The molecule has 1 aliphatic heterocycles. The monoisotopic (exact) mass is 397 g/mol. The Morgan fingerprint density at radius 1 is 1.04 bits per heavy atom. The lowest BCUT2D eigenvalue weighted by Gasteiger charge is -2.32. The topological polar surface area (TPSA) is 38.2 Å². The molecule has 3 aromatic rings. The van der Waals surface area contributed by atoms with Crippen LogP contribution in [0.4, 0.5) is 17.3 Å². The summed E-state index contributed by atoms with van der Waals surface area (Å²) < 4.78 is 5.45. The maximum atomic E-state index is 6.20. The number of fused-ring (bicyclic) bond motifs is 2. The summed E-state index contributed by atoms with van der Waals surface area (Å²) in [5, 5.41) is 0.620. The molecule has 0 unspecified atom stereocenters. The predicted molar refractivity (Wildman–Crippen MR) is 111 cm³/mol. The van der Waals surface area contributed by atoms with Crippen LogP contribution < -0.4 is 9.64 Å². The Labute approximate surface area is 168 Å². The molecule has 2 aromatic heterocycles. The second kappa shape index (κ2) is 6.73. The van der Waals surface area contributed by atoms with Crippen LogP contribution in [0.15, 0.2) is 58.6 Å². The van der Waals surface area contributed by atoms with Crippen LogP contribution in [0, 0.1) is 0 Å². The molecule has 4 rings (SSSR count). The smallest absolute Gasteiger partial charge is 0.152 e. The van der Waals surface area contributed by atoms with Gasteiger partial charge in [0.15, 0.2) is 5.82 Å². The molecule has 0 bridgehead atoms. The van der Waals surface area contributed by atoms with E-state index in [4.69, 9.17) is 16.3 Å². The highest BCUT2D eigenvalue weighted by Gasteiger charge is 2.28. The van der Waals surface area contributed by atoms with Gasteiger partial charge in [-0.1, -0.05) is 44.1 Å². The standard InChI is InChI=1S/C21H20ClN3OS/c1-21(2,3)13-7-8-23-19(9-13)25-16-11-15(26-4)5-6-17(16)27-18-10-14(22)12-24-20(18)25/h5-12H,1-4H3. The minimum Gasteiger partial charge on any atom is -0.497 e. The lowest BCUT2D eigenvalue weighted by molar-refractivity contribution is 0.414. The Morgan fingerprint density at radius 3 is 2.59 bits per heavy atom. The normalized spacial score (nSPS) is 13.1. The van der Waals surface area contributed by atoms with Gasteiger partial charge < -0.3 is 4.74 Å². The average Bonchev–Trinajstić information content (AvgIpc) is 2.65. The molecule has 1 aliphatic rings. The summed E-state index contributed by atoms with van der Waals surface area (Å²) in [4.78, 5) is 13.5. The quantitative estimate of drug-likeness (QED) is 0.393. The zero-order valence-corrected chi connectivity index (χ0v) is 17.2. The van der Waals surface area contributed by atoms with Crippen molar-refractivity contribution in [1.82, 2.24) is 9.97 Å². The van der Waals surface area contributed by atoms with Gasteiger partial charge in [-0.3, -0.25) is 4.90 Å². The molecule has 0 atom stereocenters. The van der Waals surface area contributed by atoms with E-state index >= 15 is 0 Å². The van der Waals surface area contributed by atoms with E-state index in [0.717, 1.165) is 32.9 Å². The summed E-state index contributed by atoms with van der Waals surface area (Å²) in [6.45, 7) is 6.59. The Morgan fingerprint density at radius 2 is 1.85 bits per heavy atom. The molecule has 138 valence electrons. The molecule has 0 spiro atoms. The number of hydrogen-bond acceptors (Lipinski definition) is 5. The van der Waals surface area contributed by atoms with Gasteiger partial charge in [-0.15, -0.1) is 0 Å². The second-order valence-electron chi connectivity index (χ2n) is 7.40. The first-order valence-corrected chi connectivity index (χ1v) is 9.84. The van der Waals surface area contributed by atoms with Gasteiger partial charge in [0.25, 0.3) is 0 Å². The number of anilines is 3. The first-order chi connectivity index (χ1) is 12.9. The predicted octanol–water partition coefficient (Wildman–Crippen LogP) is 6.37. The Hall–Kier alpha value is -2.24. The van der Waals surface area contributed by atoms with Crippen molar-refractivity contribution in [2.45, 2.75) is 36.0 Å². The molecule has 0 saturated carbocycles. The molecule has 0 saturated heterocycles. The molecule has 3 heterocycles. The average molecular weight is 398 g/mol. The molecule has 27 heavy (non-hydrogen) atoms. The van der Waals surface area contributed by atoms with Crippen LogP contribution in [0.25, 0.3) is 0 Å². The minimum absolute atomic E-state index is 0.0235. The van der Waals surface area contributed by atoms with Gasteiger partial charge in [0.05, 0.1) is 22.7 Å². The van der Waals surface area contributed by atoms with Crippen LogP contribution >= 0.6 is 23.4 Å². The number of rotatable bonds is 2. The molecular weight excluding hydrogens is 378 g/mol. The second-order valence-corrected chi connectivity index (χ2v) is 8.92. The first-order valence-electron chi connectivity index (χ1n) is 8.65. The Balaban J connectivity index is 1.94. The fourth-order valence-electron chi connectivity index (χ4n) is 3.01. The third-order valence-electron chi connectivity index (χ3n) is 4.48. The van der Waals surface area contributed by atoms with Crippen LogP contribution in [0.1, 0.15) is 26.3 Å². The molecule has 0 N–H and O–H groups in total. The molecular formula is C21H20ClN3OS. The van der Waals surface area contributed by atoms with Crippen molar-refractivity contribution >= 4 is 40.7 Å². The number of ether oxygens (including phenoxy) is 1. The van der Waals surface area contributed by atoms with E-state index in [9.17, 15) is 0 Å². The van der Waals surface area contributed by atoms with Gasteiger partial charge in [-0.05, 0) is 41.3 Å². The number of aromatic nitrogens is 2. The number of hydrogen-bond donors (Lipinski definition) is 0. The van der Waals surface area contributed by atoms with Crippen molar-refractivity contribution in [1.29, 1.82) is 0 Å². The van der Waals surface area contributed by atoms with Crippen LogP contribution in [0.5, 0.6) is 5.75 Å². The number of nitrogens with zero attached hydrogens (tertiary/aromatic N) is 3. The van der Waals surface area contributed by atoms with Crippen molar-refractivity contribution in [2.75, 3.05) is 12.0 Å². The van der Waals surface area contributed by atoms with E-state index < -0.39 is 0 Å². The summed E-state index contributed by atoms with van der Waals surface area (Å²) in [6, 6.07) is 12.2. The van der Waals surface area contributed by atoms with Crippen molar-refractivity contribution in [2.24, 2.45) is 0 Å². The van der Waals surface area contributed by atoms with Gasteiger partial charge in [-0.2, -0.15) is 0 Å². The van der Waals surface area contributed by atoms with Crippen LogP contribution in [-0.2, 0) is 5.41 Å². The number of methoxy groups -OCH3 is 1. The van der Waals surface area contributed by atoms with Gasteiger partial charge in [0.2, 0.25) is 0 Å². The summed E-state index contributed by atoms with van der Waals surface area (Å²) >= 11 is 7.85. The van der Waals surface area contributed by atoms with E-state index in [1.165, 1.54) is 5.56 Å². The van der Waals surface area contributed by atoms with E-state index in [0.29, 0.717) is 5.02 Å². The van der Waals surface area contributed by atoms with Crippen molar-refractivity contribution in [3.05, 3.63) is 59.4 Å². The van der Waals surface area contributed by atoms with Crippen molar-refractivity contribution in [3.8, 4) is 5.75 Å². The molecule has 0 fully saturated rings. The Kier molecular flexibility index (Phi) is 4.52. The third-order valence-corrected chi connectivity index (χ3v) is 5.77. The number of benzene rings is 1. The highest BCUT2D eigenvalue weighted by molar-refractivity contribution is 7.99. The summed E-state index contributed by atoms with van der Waals surface area (Å²) in [6.07, 6.45) is 3.53. The molecule has 6 heteroatoms. The SMILES string of the molecule is COc1ccc2c(c1)N(c1cc(C(C)(C)C)ccn1)c1ncc(Cl)cc1S2. The summed E-state index contributed by atoms with van der Waals surface area (Å²) in [5.74, 6) is 2.45. The third kappa shape index (κ3) is 3.37. The molecule has 0 radical (unpaired) electrons. The van der Waals surface area contributed by atoms with Gasteiger partial charge in [-0.25, -0.2) is 9.97 Å². The zero-order valence-electron chi connectivity index (χ0n) is 15.7.